The molecule has 0 spiro atoms. The van der Waals surface area contributed by atoms with Crippen molar-refractivity contribution in [1.82, 2.24) is 4.90 Å². The Hall–Kier alpha value is -3.24. The number of nitrogens with zero attached hydrogens (tertiary/aromatic N) is 2. The predicted molar refractivity (Wildman–Crippen MR) is 131 cm³/mol. The molecule has 0 saturated carbocycles. The van der Waals surface area contributed by atoms with Gasteiger partial charge in [0.15, 0.2) is 10.0 Å². The zero-order valence-corrected chi connectivity index (χ0v) is 19.7. The van der Waals surface area contributed by atoms with Crippen LogP contribution in [0, 0.1) is 0 Å². The number of anilines is 1. The minimum absolute atomic E-state index is 0.147. The lowest BCUT2D eigenvalue weighted by Gasteiger charge is -2.26. The highest BCUT2D eigenvalue weighted by Gasteiger charge is 2.13. The quantitative estimate of drug-likeness (QED) is 0.518. The molecule has 8 nitrogen and oxygen atoms in total. The average molecular weight is 482 g/mol. The lowest BCUT2D eigenvalue weighted by molar-refractivity contribution is 0.0342. The van der Waals surface area contributed by atoms with Crippen LogP contribution in [0.4, 0.5) is 11.4 Å². The third kappa shape index (κ3) is 6.21. The Morgan fingerprint density at radius 1 is 1.03 bits per heavy atom. The Morgan fingerprint density at radius 3 is 2.29 bits per heavy atom. The van der Waals surface area contributed by atoms with Crippen LogP contribution in [0.25, 0.3) is 0 Å². The maximum Gasteiger partial charge on any atom is 0.255 e. The van der Waals surface area contributed by atoms with E-state index in [0.717, 1.165) is 38.4 Å². The van der Waals surface area contributed by atoms with E-state index in [1.165, 1.54) is 12.1 Å². The van der Waals surface area contributed by atoms with Crippen LogP contribution in [0.1, 0.15) is 15.9 Å². The van der Waals surface area contributed by atoms with Crippen LogP contribution in [0.15, 0.2) is 82.1 Å². The first-order chi connectivity index (χ1) is 16.4. The van der Waals surface area contributed by atoms with Gasteiger partial charge < -0.3 is 14.8 Å². The van der Waals surface area contributed by atoms with Crippen molar-refractivity contribution in [1.29, 1.82) is 0 Å². The van der Waals surface area contributed by atoms with Gasteiger partial charge in [0.1, 0.15) is 5.75 Å². The Labute approximate surface area is 199 Å². The van der Waals surface area contributed by atoms with E-state index in [0.29, 0.717) is 22.7 Å². The Bertz CT molecular complexity index is 1230. The molecule has 1 atom stereocenters. The molecule has 0 aromatic heterocycles. The number of methoxy groups -OCH3 is 1. The summed E-state index contributed by atoms with van der Waals surface area (Å²) in [6.07, 6.45) is 0. The van der Waals surface area contributed by atoms with Gasteiger partial charge in [-0.2, -0.15) is 4.36 Å². The molecule has 1 amide bonds. The lowest BCUT2D eigenvalue weighted by Crippen LogP contribution is -2.35. The van der Waals surface area contributed by atoms with Crippen molar-refractivity contribution in [3.63, 3.8) is 0 Å². The van der Waals surface area contributed by atoms with Gasteiger partial charge >= 0.3 is 0 Å². The van der Waals surface area contributed by atoms with Crippen molar-refractivity contribution >= 4 is 27.3 Å². The standard InChI is InChI=1S/C25H27N3O5S/c1-32-23-10-6-22(7-11-23)27-34(30,31)24-12-8-21(9-13-24)26-25(29)20-4-2-19(3-5-20)18-28-14-16-33-17-15-28/h2-13H,14-18H2,1H3,(H,26,29)(H,27,30,31). The van der Waals surface area contributed by atoms with E-state index in [4.69, 9.17) is 9.47 Å². The fourth-order valence-electron chi connectivity index (χ4n) is 3.54. The number of hydrogen-bond acceptors (Lipinski definition) is 6. The SMILES string of the molecule is COc1ccc(N=S(=O)(O)c2ccc(NC(=O)c3ccc(CN4CCOCC4)cc3)cc2)cc1. The zero-order chi connectivity index (χ0) is 24.0. The van der Waals surface area contributed by atoms with E-state index in [1.807, 2.05) is 12.1 Å². The molecule has 1 saturated heterocycles. The molecule has 178 valence electrons. The van der Waals surface area contributed by atoms with E-state index in [-0.39, 0.29) is 10.8 Å². The van der Waals surface area contributed by atoms with Gasteiger partial charge in [0, 0.05) is 30.9 Å². The maximum atomic E-state index is 12.7. The highest BCUT2D eigenvalue weighted by atomic mass is 32.2. The molecule has 1 fully saturated rings. The second kappa shape index (κ2) is 10.8. The molecule has 34 heavy (non-hydrogen) atoms. The molecule has 0 bridgehead atoms. The van der Waals surface area contributed by atoms with Gasteiger partial charge in [0.2, 0.25) is 0 Å². The predicted octanol–water partition coefficient (Wildman–Crippen LogP) is 4.41. The van der Waals surface area contributed by atoms with Gasteiger partial charge in [-0.1, -0.05) is 12.1 Å². The first-order valence-corrected chi connectivity index (χ1v) is 12.3. The van der Waals surface area contributed by atoms with Crippen molar-refractivity contribution in [3.8, 4) is 5.75 Å². The number of benzene rings is 3. The second-order valence-electron chi connectivity index (χ2n) is 7.85. The minimum atomic E-state index is -3.64. The van der Waals surface area contributed by atoms with Gasteiger partial charge in [-0.05, 0) is 66.2 Å². The molecule has 4 rings (SSSR count). The van der Waals surface area contributed by atoms with Crippen molar-refractivity contribution in [3.05, 3.63) is 83.9 Å². The fraction of sp³-hybridized carbons (Fsp3) is 0.240. The summed E-state index contributed by atoms with van der Waals surface area (Å²) in [5, 5.41) is 2.82. The van der Waals surface area contributed by atoms with Crippen LogP contribution >= 0.6 is 0 Å². The second-order valence-corrected chi connectivity index (χ2v) is 9.50. The highest BCUT2D eigenvalue weighted by molar-refractivity contribution is 7.88. The van der Waals surface area contributed by atoms with Crippen LogP contribution in [-0.2, 0) is 21.3 Å². The summed E-state index contributed by atoms with van der Waals surface area (Å²) >= 11 is 0. The molecule has 0 aliphatic carbocycles. The molecule has 3 aromatic rings. The summed E-state index contributed by atoms with van der Waals surface area (Å²) in [5.74, 6) is 0.383. The smallest absolute Gasteiger partial charge is 0.255 e. The minimum Gasteiger partial charge on any atom is -0.497 e. The molecule has 9 heteroatoms. The largest absolute Gasteiger partial charge is 0.497 e. The number of carbonyl (C=O) groups excluding carboxylic acids is 1. The molecule has 1 unspecified atom stereocenters. The third-order valence-electron chi connectivity index (χ3n) is 5.45. The van der Waals surface area contributed by atoms with Crippen LogP contribution < -0.4 is 10.1 Å². The van der Waals surface area contributed by atoms with Gasteiger partial charge in [-0.15, -0.1) is 0 Å². The normalized spacial score (nSPS) is 15.8. The van der Waals surface area contributed by atoms with Gasteiger partial charge in [-0.3, -0.25) is 14.2 Å². The molecule has 3 aromatic carbocycles. The molecule has 2 N–H and O–H groups in total. The Balaban J connectivity index is 1.39. The van der Waals surface area contributed by atoms with E-state index in [2.05, 4.69) is 14.6 Å². The summed E-state index contributed by atoms with van der Waals surface area (Å²) in [6, 6.07) is 20.2. The number of hydrogen-bond donors (Lipinski definition) is 2. The van der Waals surface area contributed by atoms with E-state index < -0.39 is 10.0 Å². The third-order valence-corrected chi connectivity index (χ3v) is 6.79. The van der Waals surface area contributed by atoms with Crippen LogP contribution in [-0.4, -0.2) is 53.0 Å². The number of morpholine rings is 1. The van der Waals surface area contributed by atoms with Crippen molar-refractivity contribution in [2.75, 3.05) is 38.7 Å². The molecular formula is C25H27N3O5S. The summed E-state index contributed by atoms with van der Waals surface area (Å²) in [7, 11) is -2.09. The highest BCUT2D eigenvalue weighted by Crippen LogP contribution is 2.23. The number of nitrogens with one attached hydrogen (secondary N) is 1. The zero-order valence-electron chi connectivity index (χ0n) is 18.8. The van der Waals surface area contributed by atoms with Gasteiger partial charge in [0.05, 0.1) is 30.9 Å². The van der Waals surface area contributed by atoms with Crippen LogP contribution in [0.5, 0.6) is 5.75 Å². The van der Waals surface area contributed by atoms with Crippen molar-refractivity contribution in [2.24, 2.45) is 4.36 Å². The van der Waals surface area contributed by atoms with Crippen molar-refractivity contribution < 1.29 is 23.0 Å². The number of ether oxygens (including phenoxy) is 2. The number of amides is 1. The molecule has 1 heterocycles. The fourth-order valence-corrected chi connectivity index (χ4v) is 4.54. The molecule has 0 radical (unpaired) electrons. The number of carbonyl (C=O) groups is 1. The molecule has 1 aliphatic heterocycles. The van der Waals surface area contributed by atoms with Crippen LogP contribution in [0.2, 0.25) is 0 Å². The van der Waals surface area contributed by atoms with Gasteiger partial charge in [0.25, 0.3) is 5.91 Å². The summed E-state index contributed by atoms with van der Waals surface area (Å²) in [4.78, 5) is 15.1. The molecule has 1 aliphatic rings. The summed E-state index contributed by atoms with van der Waals surface area (Å²) in [5.41, 5.74) is 2.56. The number of rotatable bonds is 7. The van der Waals surface area contributed by atoms with Gasteiger partial charge in [-0.25, -0.2) is 4.21 Å². The van der Waals surface area contributed by atoms with Crippen LogP contribution in [0.3, 0.4) is 0 Å². The topological polar surface area (TPSA) is 100 Å². The summed E-state index contributed by atoms with van der Waals surface area (Å²) in [6.45, 7) is 4.15. The van der Waals surface area contributed by atoms with E-state index >= 15 is 0 Å². The van der Waals surface area contributed by atoms with E-state index in [9.17, 15) is 13.6 Å². The first-order valence-electron chi connectivity index (χ1n) is 10.9. The Morgan fingerprint density at radius 2 is 1.68 bits per heavy atom. The maximum absolute atomic E-state index is 12.7. The van der Waals surface area contributed by atoms with Crippen molar-refractivity contribution in [2.45, 2.75) is 11.4 Å². The van der Waals surface area contributed by atoms with E-state index in [1.54, 1.807) is 55.6 Å². The lowest BCUT2D eigenvalue weighted by atomic mass is 10.1. The Kier molecular flexibility index (Phi) is 7.59. The first kappa shape index (κ1) is 23.9. The molecular weight excluding hydrogens is 454 g/mol. The summed E-state index contributed by atoms with van der Waals surface area (Å²) < 4.78 is 37.5. The average Bonchev–Trinajstić information content (AvgIpc) is 2.86. The monoisotopic (exact) mass is 481 g/mol.